The van der Waals surface area contributed by atoms with Gasteiger partial charge in [-0.05, 0) is 35.9 Å². The molecule has 0 spiro atoms. The third-order valence-corrected chi connectivity index (χ3v) is 4.83. The molecule has 0 aliphatic carbocycles. The lowest BCUT2D eigenvalue weighted by atomic mass is 10.1. The van der Waals surface area contributed by atoms with E-state index < -0.39 is 10.0 Å². The highest BCUT2D eigenvalue weighted by molar-refractivity contribution is 7.92. The van der Waals surface area contributed by atoms with Gasteiger partial charge < -0.3 is 0 Å². The Kier molecular flexibility index (Phi) is 4.27. The first-order valence-electron chi connectivity index (χ1n) is 6.70. The van der Waals surface area contributed by atoms with Gasteiger partial charge in [0.05, 0.1) is 10.6 Å². The fourth-order valence-electron chi connectivity index (χ4n) is 2.03. The van der Waals surface area contributed by atoms with Gasteiger partial charge in [-0.2, -0.15) is 0 Å². The lowest BCUT2D eigenvalue weighted by Crippen LogP contribution is -2.13. The molecule has 2 aromatic heterocycles. The van der Waals surface area contributed by atoms with Crippen molar-refractivity contribution in [2.75, 3.05) is 4.72 Å². The highest BCUT2D eigenvalue weighted by atomic mass is 35.5. The second kappa shape index (κ2) is 6.36. The maximum Gasteiger partial charge on any atom is 0.261 e. The zero-order valence-corrected chi connectivity index (χ0v) is 13.4. The Morgan fingerprint density at radius 1 is 0.957 bits per heavy atom. The topological polar surface area (TPSA) is 72.0 Å². The van der Waals surface area contributed by atoms with Crippen LogP contribution in [-0.2, 0) is 10.0 Å². The lowest BCUT2D eigenvalue weighted by Gasteiger charge is -2.10. The molecule has 0 radical (unpaired) electrons. The van der Waals surface area contributed by atoms with E-state index >= 15 is 0 Å². The first-order valence-corrected chi connectivity index (χ1v) is 8.56. The molecule has 0 fully saturated rings. The number of aromatic nitrogens is 2. The van der Waals surface area contributed by atoms with Crippen LogP contribution in [0.1, 0.15) is 0 Å². The van der Waals surface area contributed by atoms with E-state index in [-0.39, 0.29) is 15.7 Å². The Hall–Kier alpha value is -2.44. The molecule has 0 aliphatic rings. The number of nitrogens with one attached hydrogen (secondary N) is 1. The molecule has 23 heavy (non-hydrogen) atoms. The van der Waals surface area contributed by atoms with Crippen LogP contribution in [0.5, 0.6) is 0 Å². The van der Waals surface area contributed by atoms with Gasteiger partial charge >= 0.3 is 0 Å². The fraction of sp³-hybridized carbons (Fsp3) is 0. The van der Waals surface area contributed by atoms with Crippen LogP contribution in [0.15, 0.2) is 72.0 Å². The van der Waals surface area contributed by atoms with Gasteiger partial charge in [0, 0.05) is 24.2 Å². The highest BCUT2D eigenvalue weighted by Crippen LogP contribution is 2.28. The normalized spacial score (nSPS) is 11.2. The van der Waals surface area contributed by atoms with E-state index in [4.69, 9.17) is 11.6 Å². The van der Waals surface area contributed by atoms with E-state index in [9.17, 15) is 8.42 Å². The molecule has 1 N–H and O–H groups in total. The highest BCUT2D eigenvalue weighted by Gasteiger charge is 2.16. The minimum Gasteiger partial charge on any atom is -0.276 e. The summed E-state index contributed by atoms with van der Waals surface area (Å²) in [5.74, 6) is 0. The third-order valence-electron chi connectivity index (χ3n) is 3.15. The fourth-order valence-corrected chi connectivity index (χ4v) is 3.31. The van der Waals surface area contributed by atoms with Crippen molar-refractivity contribution in [3.8, 4) is 11.1 Å². The van der Waals surface area contributed by atoms with E-state index in [0.29, 0.717) is 0 Å². The molecule has 3 rings (SSSR count). The van der Waals surface area contributed by atoms with E-state index in [1.54, 1.807) is 55.0 Å². The van der Waals surface area contributed by atoms with E-state index in [1.165, 1.54) is 12.1 Å². The van der Waals surface area contributed by atoms with Gasteiger partial charge in [-0.15, -0.1) is 0 Å². The number of nitrogens with zero attached hydrogens (tertiary/aromatic N) is 2. The van der Waals surface area contributed by atoms with Gasteiger partial charge in [-0.25, -0.2) is 13.4 Å². The molecule has 0 amide bonds. The summed E-state index contributed by atoms with van der Waals surface area (Å²) < 4.78 is 27.3. The Morgan fingerprint density at radius 3 is 2.35 bits per heavy atom. The summed E-state index contributed by atoms with van der Waals surface area (Å²) in [5, 5.41) is 0.0855. The standard InChI is InChI=1S/C16H12ClN3O2S/c17-16-15(20-23(21,22)14-4-2-1-3-5-14)10-13(11-19-16)12-6-8-18-9-7-12/h1-11,20H. The van der Waals surface area contributed by atoms with Crippen LogP contribution in [0.2, 0.25) is 5.15 Å². The van der Waals surface area contributed by atoms with Gasteiger partial charge in [-0.3, -0.25) is 9.71 Å². The molecule has 116 valence electrons. The number of hydrogen-bond donors (Lipinski definition) is 1. The number of sulfonamides is 1. The molecule has 3 aromatic rings. The second-order valence-corrected chi connectivity index (χ2v) is 6.76. The summed E-state index contributed by atoms with van der Waals surface area (Å²) in [7, 11) is -3.72. The van der Waals surface area contributed by atoms with Gasteiger partial charge in [0.15, 0.2) is 5.15 Å². The predicted octanol–water partition coefficient (Wildman–Crippen LogP) is 3.60. The Labute approximate surface area is 139 Å². The van der Waals surface area contributed by atoms with E-state index in [2.05, 4.69) is 14.7 Å². The maximum atomic E-state index is 12.4. The number of rotatable bonds is 4. The summed E-state index contributed by atoms with van der Waals surface area (Å²) in [4.78, 5) is 8.16. The maximum absolute atomic E-state index is 12.4. The molecule has 1 aromatic carbocycles. The molecule has 0 aliphatic heterocycles. The average Bonchev–Trinajstić information content (AvgIpc) is 2.58. The number of halogens is 1. The summed E-state index contributed by atoms with van der Waals surface area (Å²) in [6.07, 6.45) is 4.88. The van der Waals surface area contributed by atoms with Gasteiger partial charge in [0.1, 0.15) is 0 Å². The van der Waals surface area contributed by atoms with Gasteiger partial charge in [-0.1, -0.05) is 29.8 Å². The first kappa shape index (κ1) is 15.5. The summed E-state index contributed by atoms with van der Waals surface area (Å²) in [6.45, 7) is 0. The summed E-state index contributed by atoms with van der Waals surface area (Å²) in [5.41, 5.74) is 1.83. The van der Waals surface area contributed by atoms with Crippen LogP contribution in [0.25, 0.3) is 11.1 Å². The van der Waals surface area contributed by atoms with Crippen LogP contribution in [-0.4, -0.2) is 18.4 Å². The van der Waals surface area contributed by atoms with Crippen molar-refractivity contribution in [1.29, 1.82) is 0 Å². The summed E-state index contributed by atoms with van der Waals surface area (Å²) >= 11 is 6.03. The minimum atomic E-state index is -3.72. The van der Waals surface area contributed by atoms with Crippen molar-refractivity contribution in [2.24, 2.45) is 0 Å². The largest absolute Gasteiger partial charge is 0.276 e. The second-order valence-electron chi connectivity index (χ2n) is 4.72. The molecule has 5 nitrogen and oxygen atoms in total. The molecule has 7 heteroatoms. The Bertz CT molecular complexity index is 917. The predicted molar refractivity (Wildman–Crippen MR) is 89.7 cm³/mol. The van der Waals surface area contributed by atoms with Gasteiger partial charge in [0.2, 0.25) is 0 Å². The first-order chi connectivity index (χ1) is 11.1. The molecular formula is C16H12ClN3O2S. The molecule has 2 heterocycles. The van der Waals surface area contributed by atoms with Crippen LogP contribution in [0.4, 0.5) is 5.69 Å². The molecule has 0 unspecified atom stereocenters. The molecular weight excluding hydrogens is 334 g/mol. The van der Waals surface area contributed by atoms with Crippen molar-refractivity contribution in [3.63, 3.8) is 0 Å². The van der Waals surface area contributed by atoms with Gasteiger partial charge in [0.25, 0.3) is 10.0 Å². The monoisotopic (exact) mass is 345 g/mol. The minimum absolute atomic E-state index is 0.0855. The Morgan fingerprint density at radius 2 is 1.65 bits per heavy atom. The van der Waals surface area contributed by atoms with Crippen LogP contribution < -0.4 is 4.72 Å². The third kappa shape index (κ3) is 3.49. The lowest BCUT2D eigenvalue weighted by molar-refractivity contribution is 0.601. The smallest absolute Gasteiger partial charge is 0.261 e. The molecule has 0 atom stereocenters. The number of pyridine rings is 2. The quantitative estimate of drug-likeness (QED) is 0.733. The van der Waals surface area contributed by atoms with Crippen molar-refractivity contribution >= 4 is 27.3 Å². The molecule has 0 saturated heterocycles. The van der Waals surface area contributed by atoms with Crippen LogP contribution >= 0.6 is 11.6 Å². The number of anilines is 1. The van der Waals surface area contributed by atoms with E-state index in [0.717, 1.165) is 11.1 Å². The SMILES string of the molecule is O=S(=O)(Nc1cc(-c2ccncc2)cnc1Cl)c1ccccc1. The van der Waals surface area contributed by atoms with Crippen molar-refractivity contribution < 1.29 is 8.42 Å². The van der Waals surface area contributed by atoms with Crippen molar-refractivity contribution in [2.45, 2.75) is 4.90 Å². The summed E-state index contributed by atoms with van der Waals surface area (Å²) in [6, 6.07) is 13.3. The van der Waals surface area contributed by atoms with Crippen molar-refractivity contribution in [3.05, 3.63) is 72.3 Å². The molecule has 0 saturated carbocycles. The van der Waals surface area contributed by atoms with Crippen LogP contribution in [0.3, 0.4) is 0 Å². The number of hydrogen-bond acceptors (Lipinski definition) is 4. The zero-order valence-electron chi connectivity index (χ0n) is 11.8. The molecule has 0 bridgehead atoms. The Balaban J connectivity index is 1.97. The number of benzene rings is 1. The van der Waals surface area contributed by atoms with Crippen molar-refractivity contribution in [1.82, 2.24) is 9.97 Å². The van der Waals surface area contributed by atoms with E-state index in [1.807, 2.05) is 0 Å². The average molecular weight is 346 g/mol. The zero-order chi connectivity index (χ0) is 16.3. The van der Waals surface area contributed by atoms with Crippen LogP contribution in [0, 0.1) is 0 Å².